The maximum absolute atomic E-state index is 10.6. The topological polar surface area (TPSA) is 56.7 Å². The number of aliphatic imine (C=N–C) groups is 1. The lowest BCUT2D eigenvalue weighted by Gasteiger charge is -2.21. The van der Waals surface area contributed by atoms with E-state index < -0.39 is 5.60 Å². The maximum Gasteiger partial charge on any atom is 0.191 e. The van der Waals surface area contributed by atoms with E-state index in [9.17, 15) is 5.11 Å². The minimum absolute atomic E-state index is 0.326. The summed E-state index contributed by atoms with van der Waals surface area (Å²) in [6.45, 7) is 7.97. The lowest BCUT2D eigenvalue weighted by molar-refractivity contribution is 0.0677. The first-order chi connectivity index (χ1) is 11.0. The third-order valence-electron chi connectivity index (χ3n) is 3.64. The zero-order chi connectivity index (χ0) is 16.7. The van der Waals surface area contributed by atoms with E-state index in [4.69, 9.17) is 0 Å². The van der Waals surface area contributed by atoms with Gasteiger partial charge in [0.15, 0.2) is 5.96 Å². The monoisotopic (exact) mass is 351 g/mol. The van der Waals surface area contributed by atoms with Gasteiger partial charge >= 0.3 is 0 Å². The molecule has 0 aliphatic carbocycles. The van der Waals surface area contributed by atoms with Crippen LogP contribution in [0, 0.1) is 0 Å². The molecule has 0 aliphatic heterocycles. The van der Waals surface area contributed by atoms with Gasteiger partial charge in [0.25, 0.3) is 0 Å². The summed E-state index contributed by atoms with van der Waals surface area (Å²) < 4.78 is 0. The molecule has 0 aliphatic rings. The summed E-state index contributed by atoms with van der Waals surface area (Å²) in [4.78, 5) is 5.91. The molecule has 6 heteroatoms. The highest BCUT2D eigenvalue weighted by Crippen LogP contribution is 2.23. The first-order valence-electron chi connectivity index (χ1n) is 7.83. The number of hydrogen-bond acceptors (Lipinski definition) is 4. The molecule has 3 N–H and O–H groups in total. The van der Waals surface area contributed by atoms with Crippen molar-refractivity contribution in [1.29, 1.82) is 0 Å². The minimum atomic E-state index is -0.943. The molecule has 0 saturated heterocycles. The van der Waals surface area contributed by atoms with Crippen molar-refractivity contribution in [3.05, 3.63) is 44.8 Å². The number of hydrogen-bond donors (Lipinski definition) is 3. The Morgan fingerprint density at radius 1 is 1.35 bits per heavy atom. The average Bonchev–Trinajstić information content (AvgIpc) is 3.23. The second kappa shape index (κ2) is 8.47. The molecule has 0 amide bonds. The molecule has 2 rings (SSSR count). The lowest BCUT2D eigenvalue weighted by Crippen LogP contribution is -2.40. The molecular weight excluding hydrogens is 326 g/mol. The number of rotatable bonds is 7. The fraction of sp³-hybridized carbons (Fsp3) is 0.471. The van der Waals surface area contributed by atoms with Crippen LogP contribution in [0.4, 0.5) is 0 Å². The third-order valence-corrected chi connectivity index (χ3v) is 5.42. The van der Waals surface area contributed by atoms with E-state index in [1.54, 1.807) is 29.6 Å². The molecule has 23 heavy (non-hydrogen) atoms. The summed E-state index contributed by atoms with van der Waals surface area (Å²) in [5.41, 5.74) is -0.0316. The van der Waals surface area contributed by atoms with Crippen molar-refractivity contribution in [3.63, 3.8) is 0 Å². The Kier molecular flexibility index (Phi) is 6.62. The summed E-state index contributed by atoms with van der Waals surface area (Å²) >= 11 is 3.36. The smallest absolute Gasteiger partial charge is 0.191 e. The SMILES string of the molecule is CCNC(=NCC(C)(O)c1ccsc1)NCC(C)c1cccs1. The molecular formula is C17H25N3OS2. The van der Waals surface area contributed by atoms with Gasteiger partial charge in [-0.05, 0) is 47.7 Å². The zero-order valence-corrected chi connectivity index (χ0v) is 15.5. The Morgan fingerprint density at radius 3 is 2.78 bits per heavy atom. The molecule has 126 valence electrons. The van der Waals surface area contributed by atoms with Crippen LogP contribution < -0.4 is 10.6 Å². The molecule has 2 aromatic heterocycles. The predicted octanol–water partition coefficient (Wildman–Crippen LogP) is 3.38. The standard InChI is InChI=1S/C17H25N3OS2/c1-4-18-16(19-10-13(2)15-6-5-8-23-15)20-12-17(3,21)14-7-9-22-11-14/h5-9,11,13,21H,4,10,12H2,1-3H3,(H2,18,19,20). The zero-order valence-electron chi connectivity index (χ0n) is 13.9. The van der Waals surface area contributed by atoms with Crippen LogP contribution in [0.5, 0.6) is 0 Å². The van der Waals surface area contributed by atoms with Crippen molar-refractivity contribution in [2.75, 3.05) is 19.6 Å². The molecule has 2 unspecified atom stereocenters. The highest BCUT2D eigenvalue weighted by atomic mass is 32.1. The molecule has 2 heterocycles. The van der Waals surface area contributed by atoms with Gasteiger partial charge in [-0.2, -0.15) is 11.3 Å². The average molecular weight is 352 g/mol. The summed E-state index contributed by atoms with van der Waals surface area (Å²) in [6.07, 6.45) is 0. The van der Waals surface area contributed by atoms with E-state index >= 15 is 0 Å². The van der Waals surface area contributed by atoms with Crippen LogP contribution in [0.25, 0.3) is 0 Å². The molecule has 2 aromatic rings. The molecule has 0 saturated carbocycles. The fourth-order valence-corrected chi connectivity index (χ4v) is 3.73. The van der Waals surface area contributed by atoms with Crippen molar-refractivity contribution in [1.82, 2.24) is 10.6 Å². The van der Waals surface area contributed by atoms with Gasteiger partial charge in [-0.25, -0.2) is 4.99 Å². The number of guanidine groups is 1. The summed E-state index contributed by atoms with van der Waals surface area (Å²) in [7, 11) is 0. The highest BCUT2D eigenvalue weighted by molar-refractivity contribution is 7.10. The van der Waals surface area contributed by atoms with Gasteiger partial charge in [-0.15, -0.1) is 11.3 Å². The van der Waals surface area contributed by atoms with E-state index in [0.29, 0.717) is 12.5 Å². The van der Waals surface area contributed by atoms with Crippen molar-refractivity contribution >= 4 is 28.6 Å². The first-order valence-corrected chi connectivity index (χ1v) is 9.66. The Labute approximate surface area is 146 Å². The normalized spacial score (nSPS) is 15.9. The Hall–Kier alpha value is -1.37. The van der Waals surface area contributed by atoms with E-state index in [1.165, 1.54) is 4.88 Å². The number of thiophene rings is 2. The highest BCUT2D eigenvalue weighted by Gasteiger charge is 2.23. The van der Waals surface area contributed by atoms with Crippen LogP contribution in [0.2, 0.25) is 0 Å². The fourth-order valence-electron chi connectivity index (χ4n) is 2.16. The third kappa shape index (κ3) is 5.34. The van der Waals surface area contributed by atoms with Crippen molar-refractivity contribution in [2.24, 2.45) is 4.99 Å². The van der Waals surface area contributed by atoms with Gasteiger partial charge in [0, 0.05) is 23.9 Å². The second-order valence-corrected chi connectivity index (χ2v) is 7.54. The van der Waals surface area contributed by atoms with Crippen LogP contribution in [0.3, 0.4) is 0 Å². The Morgan fingerprint density at radius 2 is 2.17 bits per heavy atom. The van der Waals surface area contributed by atoms with Gasteiger partial charge in [0.05, 0.1) is 6.54 Å². The molecule has 0 bridgehead atoms. The second-order valence-electron chi connectivity index (χ2n) is 5.78. The molecule has 2 atom stereocenters. The minimum Gasteiger partial charge on any atom is -0.383 e. The van der Waals surface area contributed by atoms with Gasteiger partial charge in [0.1, 0.15) is 5.60 Å². The van der Waals surface area contributed by atoms with Crippen LogP contribution in [0.1, 0.15) is 37.1 Å². The van der Waals surface area contributed by atoms with Crippen LogP contribution in [0.15, 0.2) is 39.3 Å². The van der Waals surface area contributed by atoms with Crippen LogP contribution in [-0.4, -0.2) is 30.7 Å². The quantitative estimate of drug-likeness (QED) is 0.529. The summed E-state index contributed by atoms with van der Waals surface area (Å²) in [5.74, 6) is 1.17. The van der Waals surface area contributed by atoms with Gasteiger partial charge in [0.2, 0.25) is 0 Å². The van der Waals surface area contributed by atoms with Gasteiger partial charge in [-0.3, -0.25) is 0 Å². The molecule has 0 fully saturated rings. The van der Waals surface area contributed by atoms with Crippen molar-refractivity contribution in [3.8, 4) is 0 Å². The number of nitrogens with zero attached hydrogens (tertiary/aromatic N) is 1. The first kappa shape index (κ1) is 18.0. The molecule has 4 nitrogen and oxygen atoms in total. The van der Waals surface area contributed by atoms with E-state index in [2.05, 4.69) is 40.1 Å². The van der Waals surface area contributed by atoms with E-state index in [-0.39, 0.29) is 0 Å². The van der Waals surface area contributed by atoms with E-state index in [0.717, 1.165) is 24.6 Å². The van der Waals surface area contributed by atoms with Gasteiger partial charge in [-0.1, -0.05) is 13.0 Å². The summed E-state index contributed by atoms with van der Waals surface area (Å²) in [6, 6.07) is 6.18. The Balaban J connectivity index is 1.94. The molecule has 0 radical (unpaired) electrons. The number of nitrogens with one attached hydrogen (secondary N) is 2. The van der Waals surface area contributed by atoms with Crippen LogP contribution >= 0.6 is 22.7 Å². The number of aliphatic hydroxyl groups is 1. The summed E-state index contributed by atoms with van der Waals surface area (Å²) in [5, 5.41) is 23.2. The lowest BCUT2D eigenvalue weighted by atomic mass is 10.00. The predicted molar refractivity (Wildman–Crippen MR) is 101 cm³/mol. The van der Waals surface area contributed by atoms with Crippen molar-refractivity contribution < 1.29 is 5.11 Å². The molecule has 0 aromatic carbocycles. The maximum atomic E-state index is 10.6. The van der Waals surface area contributed by atoms with Gasteiger partial charge < -0.3 is 15.7 Å². The van der Waals surface area contributed by atoms with E-state index in [1.807, 2.05) is 23.8 Å². The van der Waals surface area contributed by atoms with Crippen LogP contribution in [-0.2, 0) is 5.60 Å². The largest absolute Gasteiger partial charge is 0.383 e. The van der Waals surface area contributed by atoms with Crippen molar-refractivity contribution in [2.45, 2.75) is 32.3 Å². The molecule has 0 spiro atoms. The Bertz CT molecular complexity index is 591.